The van der Waals surface area contributed by atoms with Crippen molar-refractivity contribution in [3.8, 4) is 0 Å². The van der Waals surface area contributed by atoms with E-state index in [9.17, 15) is 4.79 Å². The lowest BCUT2D eigenvalue weighted by atomic mass is 9.96. The molecule has 1 aromatic carbocycles. The fourth-order valence-corrected chi connectivity index (χ4v) is 3.32. The number of halogens is 1. The number of rotatable bonds is 4. The normalized spacial score (nSPS) is 22.0. The summed E-state index contributed by atoms with van der Waals surface area (Å²) in [5, 5.41) is 0. The third kappa shape index (κ3) is 4.23. The van der Waals surface area contributed by atoms with Crippen LogP contribution in [0.4, 0.5) is 0 Å². The first kappa shape index (κ1) is 19.0. The number of aryl methyl sites for hydroxylation is 2. The number of amides is 1. The summed E-state index contributed by atoms with van der Waals surface area (Å²) in [6.07, 6.45) is 3.91. The van der Waals surface area contributed by atoms with Gasteiger partial charge in [0.05, 0.1) is 6.04 Å². The fraction of sp³-hybridized carbons (Fsp3) is 0.611. The van der Waals surface area contributed by atoms with E-state index < -0.39 is 0 Å². The highest BCUT2D eigenvalue weighted by Gasteiger charge is 2.28. The van der Waals surface area contributed by atoms with Gasteiger partial charge in [-0.05, 0) is 50.7 Å². The number of carbonyl (C=O) groups excluding carboxylic acids is 1. The van der Waals surface area contributed by atoms with E-state index in [0.717, 1.165) is 19.3 Å². The first-order chi connectivity index (χ1) is 9.90. The van der Waals surface area contributed by atoms with Crippen LogP contribution in [0.15, 0.2) is 18.2 Å². The molecule has 1 unspecified atom stereocenters. The summed E-state index contributed by atoms with van der Waals surface area (Å²) in [4.78, 5) is 14.4. The van der Waals surface area contributed by atoms with Crippen molar-refractivity contribution in [2.45, 2.75) is 58.5 Å². The molecule has 1 amide bonds. The number of hydrogen-bond acceptors (Lipinski definition) is 2. The van der Waals surface area contributed by atoms with Gasteiger partial charge in [-0.1, -0.05) is 30.2 Å². The molecule has 2 N–H and O–H groups in total. The van der Waals surface area contributed by atoms with Gasteiger partial charge in [-0.2, -0.15) is 0 Å². The van der Waals surface area contributed by atoms with E-state index in [4.69, 9.17) is 5.73 Å². The second-order valence-electron chi connectivity index (χ2n) is 6.60. The van der Waals surface area contributed by atoms with Crippen molar-refractivity contribution in [2.24, 2.45) is 11.7 Å². The monoisotopic (exact) mass is 324 g/mol. The van der Waals surface area contributed by atoms with Crippen LogP contribution in [0.2, 0.25) is 0 Å². The van der Waals surface area contributed by atoms with Crippen LogP contribution in [-0.4, -0.2) is 23.9 Å². The van der Waals surface area contributed by atoms with Gasteiger partial charge in [0.1, 0.15) is 0 Å². The quantitative estimate of drug-likeness (QED) is 0.916. The lowest BCUT2D eigenvalue weighted by molar-refractivity contribution is -0.132. The van der Waals surface area contributed by atoms with Crippen LogP contribution < -0.4 is 5.73 Å². The molecule has 1 aliphatic carbocycles. The molecule has 124 valence electrons. The first-order valence-electron chi connectivity index (χ1n) is 7.98. The van der Waals surface area contributed by atoms with Gasteiger partial charge in [-0.3, -0.25) is 4.79 Å². The van der Waals surface area contributed by atoms with Crippen molar-refractivity contribution in [3.63, 3.8) is 0 Å². The SMILES string of the molecule is Cc1ccc(C)c(C(C)N(C)C(=O)C[C@@H]2CCC[C@H]2N)c1.Cl. The minimum absolute atomic E-state index is 0. The smallest absolute Gasteiger partial charge is 0.223 e. The zero-order valence-electron chi connectivity index (χ0n) is 14.1. The predicted octanol–water partition coefficient (Wildman–Crippen LogP) is 3.76. The van der Waals surface area contributed by atoms with Gasteiger partial charge < -0.3 is 10.6 Å². The zero-order valence-corrected chi connectivity index (χ0v) is 15.0. The molecule has 0 aromatic heterocycles. The van der Waals surface area contributed by atoms with Gasteiger partial charge in [-0.25, -0.2) is 0 Å². The fourth-order valence-electron chi connectivity index (χ4n) is 3.32. The molecule has 1 fully saturated rings. The Morgan fingerprint density at radius 3 is 2.64 bits per heavy atom. The Labute approximate surface area is 140 Å². The number of benzene rings is 1. The molecule has 2 rings (SSSR count). The second-order valence-corrected chi connectivity index (χ2v) is 6.60. The van der Waals surface area contributed by atoms with Crippen LogP contribution in [0.1, 0.15) is 55.3 Å². The van der Waals surface area contributed by atoms with E-state index >= 15 is 0 Å². The lowest BCUT2D eigenvalue weighted by Gasteiger charge is -2.28. The minimum Gasteiger partial charge on any atom is -0.339 e. The van der Waals surface area contributed by atoms with Gasteiger partial charge in [-0.15, -0.1) is 12.4 Å². The Bertz CT molecular complexity index is 518. The van der Waals surface area contributed by atoms with Crippen LogP contribution >= 0.6 is 12.4 Å². The predicted molar refractivity (Wildman–Crippen MR) is 94.3 cm³/mol. The number of nitrogens with zero attached hydrogens (tertiary/aromatic N) is 1. The molecular formula is C18H29ClN2O. The summed E-state index contributed by atoms with van der Waals surface area (Å²) < 4.78 is 0. The molecule has 3 atom stereocenters. The molecule has 0 heterocycles. The summed E-state index contributed by atoms with van der Waals surface area (Å²) >= 11 is 0. The third-order valence-electron chi connectivity index (χ3n) is 5.01. The molecule has 3 nitrogen and oxygen atoms in total. The van der Waals surface area contributed by atoms with Crippen molar-refractivity contribution in [1.29, 1.82) is 0 Å². The number of nitrogens with two attached hydrogens (primary N) is 1. The van der Waals surface area contributed by atoms with Gasteiger partial charge in [0, 0.05) is 19.5 Å². The highest BCUT2D eigenvalue weighted by atomic mass is 35.5. The molecule has 0 spiro atoms. The Kier molecular flexibility index (Phi) is 6.89. The Balaban J connectivity index is 0.00000242. The third-order valence-corrected chi connectivity index (χ3v) is 5.01. The number of hydrogen-bond donors (Lipinski definition) is 1. The van der Waals surface area contributed by atoms with Crippen LogP contribution in [0.25, 0.3) is 0 Å². The van der Waals surface area contributed by atoms with Crippen molar-refractivity contribution in [2.75, 3.05) is 7.05 Å². The lowest BCUT2D eigenvalue weighted by Crippen LogP contribution is -2.34. The summed E-state index contributed by atoms with van der Waals surface area (Å²) in [5.74, 6) is 0.580. The number of carbonyl (C=O) groups is 1. The van der Waals surface area contributed by atoms with Crippen molar-refractivity contribution in [3.05, 3.63) is 34.9 Å². The topological polar surface area (TPSA) is 46.3 Å². The summed E-state index contributed by atoms with van der Waals surface area (Å²) in [6.45, 7) is 6.31. The van der Waals surface area contributed by atoms with E-state index in [0.29, 0.717) is 12.3 Å². The molecule has 0 radical (unpaired) electrons. The molecule has 0 saturated heterocycles. The average Bonchev–Trinajstić information content (AvgIpc) is 2.85. The molecule has 1 aromatic rings. The molecule has 0 bridgehead atoms. The van der Waals surface area contributed by atoms with Gasteiger partial charge >= 0.3 is 0 Å². The van der Waals surface area contributed by atoms with Crippen molar-refractivity contribution < 1.29 is 4.79 Å². The largest absolute Gasteiger partial charge is 0.339 e. The molecule has 22 heavy (non-hydrogen) atoms. The highest BCUT2D eigenvalue weighted by Crippen LogP contribution is 2.29. The average molecular weight is 325 g/mol. The van der Waals surface area contributed by atoms with Gasteiger partial charge in [0.2, 0.25) is 5.91 Å². The van der Waals surface area contributed by atoms with E-state index in [1.165, 1.54) is 16.7 Å². The Morgan fingerprint density at radius 1 is 1.36 bits per heavy atom. The first-order valence-corrected chi connectivity index (χ1v) is 7.98. The molecule has 1 saturated carbocycles. The summed E-state index contributed by atoms with van der Waals surface area (Å²) in [7, 11) is 1.91. The molecule has 1 aliphatic rings. The second kappa shape index (κ2) is 7.98. The summed E-state index contributed by atoms with van der Waals surface area (Å²) in [5.41, 5.74) is 9.80. The van der Waals surface area contributed by atoms with Crippen LogP contribution in [0.3, 0.4) is 0 Å². The van der Waals surface area contributed by atoms with Crippen LogP contribution in [0.5, 0.6) is 0 Å². The van der Waals surface area contributed by atoms with E-state index in [2.05, 4.69) is 39.0 Å². The highest BCUT2D eigenvalue weighted by molar-refractivity contribution is 5.85. The Hall–Kier alpha value is -1.06. The van der Waals surface area contributed by atoms with Crippen LogP contribution in [0, 0.1) is 19.8 Å². The maximum Gasteiger partial charge on any atom is 0.223 e. The van der Waals surface area contributed by atoms with Crippen molar-refractivity contribution >= 4 is 18.3 Å². The Morgan fingerprint density at radius 2 is 2.05 bits per heavy atom. The van der Waals surface area contributed by atoms with Crippen LogP contribution in [-0.2, 0) is 4.79 Å². The van der Waals surface area contributed by atoms with E-state index in [1.54, 1.807) is 0 Å². The van der Waals surface area contributed by atoms with Gasteiger partial charge in [0.25, 0.3) is 0 Å². The van der Waals surface area contributed by atoms with Crippen molar-refractivity contribution in [1.82, 2.24) is 4.90 Å². The standard InChI is InChI=1S/C18H28N2O.ClH/c1-12-8-9-13(2)16(10-12)14(3)20(4)18(21)11-15-6-5-7-17(15)19;/h8-10,14-15,17H,5-7,11,19H2,1-4H3;1H/t14?,15-,17+;/m0./s1. The zero-order chi connectivity index (χ0) is 15.6. The van der Waals surface area contributed by atoms with E-state index in [-0.39, 0.29) is 30.4 Å². The molecule has 0 aliphatic heterocycles. The minimum atomic E-state index is 0. The maximum absolute atomic E-state index is 12.5. The van der Waals surface area contributed by atoms with E-state index in [1.807, 2.05) is 11.9 Å². The van der Waals surface area contributed by atoms with Gasteiger partial charge in [0.15, 0.2) is 0 Å². The molecule has 4 heteroatoms. The summed E-state index contributed by atoms with van der Waals surface area (Å²) in [6, 6.07) is 6.75. The maximum atomic E-state index is 12.5. The molecular weight excluding hydrogens is 296 g/mol.